The monoisotopic (exact) mass is 245 g/mol. The van der Waals surface area contributed by atoms with Gasteiger partial charge in [0, 0.05) is 24.8 Å². The van der Waals surface area contributed by atoms with Crippen molar-refractivity contribution in [2.75, 3.05) is 6.54 Å². The van der Waals surface area contributed by atoms with E-state index in [1.54, 1.807) is 18.3 Å². The molecule has 0 saturated heterocycles. The highest BCUT2D eigenvalue weighted by molar-refractivity contribution is 5.94. The molecule has 0 aliphatic heterocycles. The van der Waals surface area contributed by atoms with E-state index >= 15 is 0 Å². The molecule has 0 radical (unpaired) electrons. The lowest BCUT2D eigenvalue weighted by Gasteiger charge is -2.06. The van der Waals surface area contributed by atoms with Crippen LogP contribution >= 0.6 is 0 Å². The second-order valence-corrected chi connectivity index (χ2v) is 4.50. The summed E-state index contributed by atoms with van der Waals surface area (Å²) in [7, 11) is 0. The summed E-state index contributed by atoms with van der Waals surface area (Å²) in [6.45, 7) is 1.05. The van der Waals surface area contributed by atoms with Crippen molar-refractivity contribution in [2.45, 2.75) is 32.2 Å². The Hall–Kier alpha value is -1.68. The molecule has 1 amide bonds. The molecule has 0 atom stereocenters. The van der Waals surface area contributed by atoms with Crippen molar-refractivity contribution in [1.82, 2.24) is 10.3 Å². The second-order valence-electron chi connectivity index (χ2n) is 4.50. The van der Waals surface area contributed by atoms with E-state index in [1.807, 2.05) is 0 Å². The minimum absolute atomic E-state index is 0.0503. The van der Waals surface area contributed by atoms with E-state index in [1.165, 1.54) is 24.8 Å². The van der Waals surface area contributed by atoms with Crippen LogP contribution in [0.5, 0.6) is 0 Å². The molecule has 0 aromatic carbocycles. The summed E-state index contributed by atoms with van der Waals surface area (Å²) in [4.78, 5) is 16.0. The first-order chi connectivity index (χ1) is 8.79. The van der Waals surface area contributed by atoms with Crippen molar-refractivity contribution >= 4 is 5.91 Å². The summed E-state index contributed by atoms with van der Waals surface area (Å²) in [5.41, 5.74) is 8.33. The Bertz CT molecular complexity index is 454. The average molecular weight is 245 g/mol. The number of rotatable bonds is 5. The smallest absolute Gasteiger partial charge is 0.251 e. The van der Waals surface area contributed by atoms with Crippen molar-refractivity contribution in [2.24, 2.45) is 5.73 Å². The summed E-state index contributed by atoms with van der Waals surface area (Å²) >= 11 is 0. The highest BCUT2D eigenvalue weighted by Crippen LogP contribution is 2.19. The Morgan fingerprint density at radius 3 is 3.11 bits per heavy atom. The summed E-state index contributed by atoms with van der Waals surface area (Å²) in [6.07, 6.45) is 8.49. The number of allylic oxidation sites excluding steroid dienone is 1. The maximum atomic E-state index is 11.9. The molecule has 0 bridgehead atoms. The zero-order valence-electron chi connectivity index (χ0n) is 10.5. The van der Waals surface area contributed by atoms with Crippen LogP contribution in [0.15, 0.2) is 30.0 Å². The molecule has 1 aromatic heterocycles. The molecule has 4 nitrogen and oxygen atoms in total. The fraction of sp³-hybridized carbons (Fsp3) is 0.429. The second kappa shape index (κ2) is 6.31. The van der Waals surface area contributed by atoms with E-state index in [2.05, 4.69) is 16.4 Å². The van der Waals surface area contributed by atoms with Gasteiger partial charge in [-0.3, -0.25) is 9.78 Å². The van der Waals surface area contributed by atoms with Crippen molar-refractivity contribution < 1.29 is 4.79 Å². The molecule has 1 aliphatic carbocycles. The molecule has 3 N–H and O–H groups in total. The quantitative estimate of drug-likeness (QED) is 0.777. The first kappa shape index (κ1) is 12.8. The highest BCUT2D eigenvalue weighted by Gasteiger charge is 2.08. The number of carbonyl (C=O) groups is 1. The first-order valence-corrected chi connectivity index (χ1v) is 6.40. The number of nitrogens with one attached hydrogen (secondary N) is 1. The number of aromatic nitrogens is 1. The van der Waals surface area contributed by atoms with Crippen molar-refractivity contribution in [1.29, 1.82) is 0 Å². The number of nitrogens with zero attached hydrogens (tertiary/aromatic N) is 1. The third-order valence-corrected chi connectivity index (χ3v) is 3.15. The van der Waals surface area contributed by atoms with Gasteiger partial charge in [0.05, 0.1) is 5.69 Å². The minimum Gasteiger partial charge on any atom is -0.352 e. The Kier molecular flexibility index (Phi) is 4.47. The number of hydrogen-bond acceptors (Lipinski definition) is 3. The van der Waals surface area contributed by atoms with Crippen LogP contribution in [-0.4, -0.2) is 17.4 Å². The van der Waals surface area contributed by atoms with Gasteiger partial charge in [-0.15, -0.1) is 0 Å². The molecule has 0 spiro atoms. The Morgan fingerprint density at radius 2 is 2.39 bits per heavy atom. The van der Waals surface area contributed by atoms with Gasteiger partial charge in [0.15, 0.2) is 0 Å². The van der Waals surface area contributed by atoms with Crippen molar-refractivity contribution in [3.05, 3.63) is 41.2 Å². The predicted octanol–water partition coefficient (Wildman–Crippen LogP) is 1.77. The van der Waals surface area contributed by atoms with Crippen LogP contribution in [-0.2, 0) is 6.54 Å². The maximum absolute atomic E-state index is 11.9. The average Bonchev–Trinajstić information content (AvgIpc) is 2.92. The van der Waals surface area contributed by atoms with Gasteiger partial charge in [0.1, 0.15) is 0 Å². The van der Waals surface area contributed by atoms with Gasteiger partial charge >= 0.3 is 0 Å². The zero-order valence-corrected chi connectivity index (χ0v) is 10.5. The van der Waals surface area contributed by atoms with Gasteiger partial charge in [-0.05, 0) is 37.8 Å². The maximum Gasteiger partial charge on any atom is 0.251 e. The lowest BCUT2D eigenvalue weighted by molar-refractivity contribution is 0.0954. The molecular formula is C14H19N3O. The van der Waals surface area contributed by atoms with E-state index in [-0.39, 0.29) is 5.91 Å². The van der Waals surface area contributed by atoms with Crippen LogP contribution < -0.4 is 11.1 Å². The molecule has 18 heavy (non-hydrogen) atoms. The Morgan fingerprint density at radius 1 is 1.50 bits per heavy atom. The standard InChI is InChI=1S/C14H19N3O/c15-10-13-9-12(6-8-16-13)14(18)17-7-5-11-3-1-2-4-11/h3,6,8-9H,1-2,4-5,7,10,15H2,(H,17,18). The van der Waals surface area contributed by atoms with Crippen LogP contribution in [0.2, 0.25) is 0 Å². The van der Waals surface area contributed by atoms with E-state index in [4.69, 9.17) is 5.73 Å². The number of amides is 1. The van der Waals surface area contributed by atoms with Gasteiger partial charge < -0.3 is 11.1 Å². The van der Waals surface area contributed by atoms with Crippen LogP contribution in [0, 0.1) is 0 Å². The first-order valence-electron chi connectivity index (χ1n) is 6.40. The zero-order chi connectivity index (χ0) is 12.8. The van der Waals surface area contributed by atoms with E-state index in [9.17, 15) is 4.79 Å². The van der Waals surface area contributed by atoms with Gasteiger partial charge in [-0.2, -0.15) is 0 Å². The molecule has 2 rings (SSSR count). The third-order valence-electron chi connectivity index (χ3n) is 3.15. The van der Waals surface area contributed by atoms with E-state index < -0.39 is 0 Å². The van der Waals surface area contributed by atoms with Crippen molar-refractivity contribution in [3.8, 4) is 0 Å². The van der Waals surface area contributed by atoms with Gasteiger partial charge in [-0.1, -0.05) is 11.6 Å². The fourth-order valence-electron chi connectivity index (χ4n) is 2.13. The number of carbonyl (C=O) groups excluding carboxylic acids is 1. The third kappa shape index (κ3) is 3.40. The summed E-state index contributed by atoms with van der Waals surface area (Å²) in [5.74, 6) is -0.0503. The summed E-state index contributed by atoms with van der Waals surface area (Å²) in [5, 5.41) is 2.93. The largest absolute Gasteiger partial charge is 0.352 e. The summed E-state index contributed by atoms with van der Waals surface area (Å²) < 4.78 is 0. The topological polar surface area (TPSA) is 68.0 Å². The molecule has 96 valence electrons. The van der Waals surface area contributed by atoms with E-state index in [0.29, 0.717) is 18.7 Å². The Labute approximate surface area is 107 Å². The lowest BCUT2D eigenvalue weighted by Crippen LogP contribution is -2.25. The van der Waals surface area contributed by atoms with Crippen LogP contribution in [0.1, 0.15) is 41.7 Å². The summed E-state index contributed by atoms with van der Waals surface area (Å²) in [6, 6.07) is 3.45. The SMILES string of the molecule is NCc1cc(C(=O)NCCC2=CCCC2)ccn1. The van der Waals surface area contributed by atoms with Gasteiger partial charge in [0.2, 0.25) is 0 Å². The lowest BCUT2D eigenvalue weighted by atomic mass is 10.1. The van der Waals surface area contributed by atoms with Crippen molar-refractivity contribution in [3.63, 3.8) is 0 Å². The number of pyridine rings is 1. The van der Waals surface area contributed by atoms with Crippen LogP contribution in [0.3, 0.4) is 0 Å². The number of nitrogens with two attached hydrogens (primary N) is 1. The van der Waals surface area contributed by atoms with Gasteiger partial charge in [0.25, 0.3) is 5.91 Å². The molecule has 4 heteroatoms. The predicted molar refractivity (Wildman–Crippen MR) is 71.0 cm³/mol. The molecule has 1 heterocycles. The number of hydrogen-bond donors (Lipinski definition) is 2. The van der Waals surface area contributed by atoms with Gasteiger partial charge in [-0.25, -0.2) is 0 Å². The minimum atomic E-state index is -0.0503. The Balaban J connectivity index is 1.83. The van der Waals surface area contributed by atoms with E-state index in [0.717, 1.165) is 12.1 Å². The molecule has 1 aliphatic rings. The fourth-order valence-corrected chi connectivity index (χ4v) is 2.13. The molecule has 0 unspecified atom stereocenters. The molecule has 1 aromatic rings. The molecule has 0 saturated carbocycles. The normalized spacial score (nSPS) is 14.4. The molecular weight excluding hydrogens is 226 g/mol. The molecule has 0 fully saturated rings. The highest BCUT2D eigenvalue weighted by atomic mass is 16.1. The van der Waals surface area contributed by atoms with Crippen LogP contribution in [0.4, 0.5) is 0 Å². The van der Waals surface area contributed by atoms with Crippen LogP contribution in [0.25, 0.3) is 0 Å².